The molecule has 0 aromatic carbocycles. The van der Waals surface area contributed by atoms with Crippen molar-refractivity contribution in [3.63, 3.8) is 0 Å². The van der Waals surface area contributed by atoms with Gasteiger partial charge in [0.1, 0.15) is 6.04 Å². The minimum atomic E-state index is -0.686. The van der Waals surface area contributed by atoms with E-state index in [2.05, 4.69) is 10.1 Å². The Morgan fingerprint density at radius 3 is 2.75 bits per heavy atom. The summed E-state index contributed by atoms with van der Waals surface area (Å²) < 4.78 is 4.49. The van der Waals surface area contributed by atoms with Crippen molar-refractivity contribution in [1.29, 1.82) is 0 Å². The molecule has 0 radical (unpaired) electrons. The Balaban J connectivity index is 0. The molecule has 0 bridgehead atoms. The lowest BCUT2D eigenvalue weighted by atomic mass is 9.92. The van der Waals surface area contributed by atoms with E-state index in [0.717, 1.165) is 19.4 Å². The van der Waals surface area contributed by atoms with Crippen LogP contribution in [0.5, 0.6) is 0 Å². The molecule has 96 valence electrons. The number of nitrogens with one attached hydrogen (secondary N) is 1. The molecule has 1 heterocycles. The first-order valence-corrected chi connectivity index (χ1v) is 4.76. The number of rotatable bonds is 3. The molecule has 3 N–H and O–H groups in total. The molecule has 0 unspecified atom stereocenters. The fraction of sp³-hybridized carbons (Fsp3) is 0.778. The van der Waals surface area contributed by atoms with Crippen LogP contribution in [0, 0.1) is 5.92 Å². The molecule has 0 aromatic heterocycles. The number of hydrogen-bond acceptors (Lipinski definition) is 4. The van der Waals surface area contributed by atoms with Crippen molar-refractivity contribution < 1.29 is 14.3 Å². The average molecular weight is 273 g/mol. The molecular formula is C9H18Cl2N2O3. The molecule has 7 heteroatoms. The summed E-state index contributed by atoms with van der Waals surface area (Å²) >= 11 is 0. The van der Waals surface area contributed by atoms with Crippen molar-refractivity contribution in [2.45, 2.75) is 25.3 Å². The van der Waals surface area contributed by atoms with Crippen molar-refractivity contribution in [2.24, 2.45) is 11.7 Å². The van der Waals surface area contributed by atoms with Crippen molar-refractivity contribution >= 4 is 36.7 Å². The number of piperidine rings is 1. The molecule has 5 nitrogen and oxygen atoms in total. The molecule has 2 atom stereocenters. The second-order valence-electron chi connectivity index (χ2n) is 3.50. The molecule has 1 rings (SSSR count). The quantitative estimate of drug-likeness (QED) is 0.722. The van der Waals surface area contributed by atoms with Gasteiger partial charge in [-0.05, 0) is 19.3 Å². The smallest absolute Gasteiger partial charge is 0.322 e. The van der Waals surface area contributed by atoms with Gasteiger partial charge < -0.3 is 15.8 Å². The van der Waals surface area contributed by atoms with E-state index in [-0.39, 0.29) is 36.6 Å². The number of esters is 1. The first kappa shape index (κ1) is 17.9. The van der Waals surface area contributed by atoms with E-state index in [1.807, 2.05) is 0 Å². The van der Waals surface area contributed by atoms with E-state index < -0.39 is 12.0 Å². The lowest BCUT2D eigenvalue weighted by molar-refractivity contribution is -0.142. The second kappa shape index (κ2) is 8.61. The number of carbonyl (C=O) groups excluding carboxylic acids is 2. The predicted octanol–water partition coefficient (Wildman–Crippen LogP) is 0.247. The maximum Gasteiger partial charge on any atom is 0.322 e. The van der Waals surface area contributed by atoms with E-state index in [1.165, 1.54) is 7.11 Å². The molecule has 16 heavy (non-hydrogen) atoms. The summed E-state index contributed by atoms with van der Waals surface area (Å²) in [5.41, 5.74) is 5.57. The normalized spacial score (nSPS) is 20.9. The third-order valence-corrected chi connectivity index (χ3v) is 2.44. The van der Waals surface area contributed by atoms with Gasteiger partial charge in [0.25, 0.3) is 0 Å². The molecule has 0 aliphatic carbocycles. The fourth-order valence-electron chi connectivity index (χ4n) is 1.61. The van der Waals surface area contributed by atoms with Crippen LogP contribution in [-0.4, -0.2) is 31.6 Å². The zero-order valence-electron chi connectivity index (χ0n) is 9.10. The number of halogens is 2. The zero-order valence-corrected chi connectivity index (χ0v) is 10.7. The van der Waals surface area contributed by atoms with Gasteiger partial charge in [0.2, 0.25) is 5.91 Å². The molecule has 0 aromatic rings. The lowest BCUT2D eigenvalue weighted by Gasteiger charge is -2.23. The summed E-state index contributed by atoms with van der Waals surface area (Å²) in [4.78, 5) is 22.3. The van der Waals surface area contributed by atoms with Crippen LogP contribution in [0.15, 0.2) is 0 Å². The van der Waals surface area contributed by atoms with Crippen molar-refractivity contribution in [3.05, 3.63) is 0 Å². The monoisotopic (exact) mass is 272 g/mol. The van der Waals surface area contributed by atoms with Gasteiger partial charge in [-0.3, -0.25) is 9.59 Å². The number of ether oxygens (including phenoxy) is 1. The standard InChI is InChI=1S/C9H16N2O3.2ClH/c1-14-9(13)7(10)5-6-3-2-4-11-8(6)12;;/h6-7H,2-5,10H2,1H3,(H,11,12);2*1H/t6-,7-;;/m0../s1. The van der Waals surface area contributed by atoms with Gasteiger partial charge in [-0.15, -0.1) is 24.8 Å². The summed E-state index contributed by atoms with van der Waals surface area (Å²) in [6.45, 7) is 0.725. The number of amides is 1. The Morgan fingerprint density at radius 1 is 1.62 bits per heavy atom. The largest absolute Gasteiger partial charge is 0.468 e. The third-order valence-electron chi connectivity index (χ3n) is 2.44. The third kappa shape index (κ3) is 5.01. The topological polar surface area (TPSA) is 81.4 Å². The summed E-state index contributed by atoms with van der Waals surface area (Å²) in [6.07, 6.45) is 2.12. The van der Waals surface area contributed by atoms with E-state index in [0.29, 0.717) is 6.42 Å². The first-order chi connectivity index (χ1) is 6.65. The number of methoxy groups -OCH3 is 1. The summed E-state index contributed by atoms with van der Waals surface area (Å²) in [6, 6.07) is -0.686. The van der Waals surface area contributed by atoms with Crippen molar-refractivity contribution in [1.82, 2.24) is 5.32 Å². The van der Waals surface area contributed by atoms with Crippen LogP contribution in [0.25, 0.3) is 0 Å². The van der Waals surface area contributed by atoms with E-state index in [9.17, 15) is 9.59 Å². The van der Waals surface area contributed by atoms with Gasteiger partial charge in [-0.25, -0.2) is 0 Å². The first-order valence-electron chi connectivity index (χ1n) is 4.76. The van der Waals surface area contributed by atoms with Gasteiger partial charge in [0.15, 0.2) is 0 Å². The molecular weight excluding hydrogens is 255 g/mol. The highest BCUT2D eigenvalue weighted by molar-refractivity contribution is 5.85. The van der Waals surface area contributed by atoms with Crippen LogP contribution in [0.3, 0.4) is 0 Å². The number of carbonyl (C=O) groups is 2. The fourth-order valence-corrected chi connectivity index (χ4v) is 1.61. The summed E-state index contributed by atoms with van der Waals surface area (Å²) in [5, 5.41) is 2.75. The van der Waals surface area contributed by atoms with Gasteiger partial charge in [0, 0.05) is 12.5 Å². The van der Waals surface area contributed by atoms with E-state index in [4.69, 9.17) is 5.73 Å². The zero-order chi connectivity index (χ0) is 10.6. The molecule has 1 amide bonds. The molecule has 0 saturated carbocycles. The summed E-state index contributed by atoms with van der Waals surface area (Å²) in [7, 11) is 1.29. The van der Waals surface area contributed by atoms with Crippen LogP contribution in [0.2, 0.25) is 0 Å². The predicted molar refractivity (Wildman–Crippen MR) is 64.8 cm³/mol. The maximum absolute atomic E-state index is 11.3. The van der Waals surface area contributed by atoms with Gasteiger partial charge in [-0.1, -0.05) is 0 Å². The molecule has 1 saturated heterocycles. The number of hydrogen-bond donors (Lipinski definition) is 2. The molecule has 1 fully saturated rings. The summed E-state index contributed by atoms with van der Waals surface area (Å²) in [5.74, 6) is -0.600. The maximum atomic E-state index is 11.3. The molecule has 1 aliphatic heterocycles. The van der Waals surface area contributed by atoms with Gasteiger partial charge >= 0.3 is 5.97 Å². The molecule has 1 aliphatic rings. The Bertz CT molecular complexity index is 239. The number of nitrogens with two attached hydrogens (primary N) is 1. The van der Waals surface area contributed by atoms with Crippen LogP contribution in [0.1, 0.15) is 19.3 Å². The minimum Gasteiger partial charge on any atom is -0.468 e. The second-order valence-corrected chi connectivity index (χ2v) is 3.50. The van der Waals surface area contributed by atoms with Crippen molar-refractivity contribution in [3.8, 4) is 0 Å². The van der Waals surface area contributed by atoms with Crippen molar-refractivity contribution in [2.75, 3.05) is 13.7 Å². The minimum absolute atomic E-state index is 0. The van der Waals surface area contributed by atoms with E-state index in [1.54, 1.807) is 0 Å². The Morgan fingerprint density at radius 2 is 2.25 bits per heavy atom. The highest BCUT2D eigenvalue weighted by atomic mass is 35.5. The van der Waals surface area contributed by atoms with E-state index >= 15 is 0 Å². The van der Waals surface area contributed by atoms with Crippen LogP contribution in [-0.2, 0) is 14.3 Å². The van der Waals surface area contributed by atoms with Gasteiger partial charge in [0.05, 0.1) is 7.11 Å². The van der Waals surface area contributed by atoms with Gasteiger partial charge in [-0.2, -0.15) is 0 Å². The lowest BCUT2D eigenvalue weighted by Crippen LogP contribution is -2.42. The Labute approximate surface area is 107 Å². The SMILES string of the molecule is COC(=O)[C@@H](N)C[C@@H]1CCCNC1=O.Cl.Cl. The average Bonchev–Trinajstić information content (AvgIpc) is 2.20. The highest BCUT2D eigenvalue weighted by Crippen LogP contribution is 2.16. The Kier molecular flexibility index (Phi) is 9.61. The van der Waals surface area contributed by atoms with Crippen LogP contribution in [0.4, 0.5) is 0 Å². The van der Waals surface area contributed by atoms with Crippen LogP contribution >= 0.6 is 24.8 Å². The highest BCUT2D eigenvalue weighted by Gasteiger charge is 2.27. The Hall–Kier alpha value is -0.520. The molecule has 0 spiro atoms. The van der Waals surface area contributed by atoms with Crippen LogP contribution < -0.4 is 11.1 Å².